The molecule has 1 spiro atoms. The third-order valence-electron chi connectivity index (χ3n) is 16.2. The second-order valence-corrected chi connectivity index (χ2v) is 21.7. The molecule has 4 bridgehead atoms. The van der Waals surface area contributed by atoms with Crippen LogP contribution >= 0.6 is 0 Å². The molecule has 378 valence electrons. The molecule has 5 fully saturated rings. The number of rotatable bonds is 13. The zero-order valence-corrected chi connectivity index (χ0v) is 42.0. The van der Waals surface area contributed by atoms with Crippen LogP contribution in [0.4, 0.5) is 0 Å². The molecule has 5 aliphatic heterocycles. The highest BCUT2D eigenvalue weighted by molar-refractivity contribution is 6.23. The predicted molar refractivity (Wildman–Crippen MR) is 263 cm³/mol. The van der Waals surface area contributed by atoms with Gasteiger partial charge in [0.15, 0.2) is 22.8 Å². The molecule has 0 aromatic heterocycles. The second-order valence-electron chi connectivity index (χ2n) is 21.7. The lowest BCUT2D eigenvalue weighted by Crippen LogP contribution is -2.75. The molecule has 4 aliphatic carbocycles. The van der Waals surface area contributed by atoms with E-state index >= 15 is 9.59 Å². The standard InChI is InChI=1S/C56H66N2O13/c1-27(2)13-12-20-54(8)21-19-33-47(69-54)32(17-16-28(3)4)49-39(48(33)68-52-46(63)45(62)44(61)35(26-59)67-52)42-40-37(38-41(58(42)24-23-57)30-14-10-11-15-31(30)43(38)60)34-25-36-53(6,7)71-55(50(34)64,56(36,40)70-49)22-18-29(5)51(65)66-9/h10-11,13-16,18-19,21,34-37,44-46,52,59,61-63H,12,17,20,22-26,57H2,1-9H3/b29-18-/t34?,35-,36?,37?,44-,45+,46-,52+,54?,55?,56?/m0/s1. The molecule has 2 aromatic carbocycles. The van der Waals surface area contributed by atoms with Crippen LogP contribution in [0.5, 0.6) is 17.2 Å². The number of ketones is 2. The van der Waals surface area contributed by atoms with Crippen LogP contribution in [0.15, 0.2) is 76.4 Å². The molecule has 0 amide bonds. The molecule has 2 aromatic rings. The van der Waals surface area contributed by atoms with Crippen molar-refractivity contribution in [2.75, 3.05) is 26.8 Å². The van der Waals surface area contributed by atoms with Gasteiger partial charge in [-0.25, -0.2) is 4.79 Å². The largest absolute Gasteiger partial charge is 0.482 e. The molecule has 5 heterocycles. The molecule has 11 atom stereocenters. The molecule has 3 saturated carbocycles. The summed E-state index contributed by atoms with van der Waals surface area (Å²) < 4.78 is 40.8. The molecule has 71 heavy (non-hydrogen) atoms. The van der Waals surface area contributed by atoms with Gasteiger partial charge in [0.1, 0.15) is 47.3 Å². The Morgan fingerprint density at radius 3 is 2.32 bits per heavy atom. The maximum Gasteiger partial charge on any atom is 0.333 e. The lowest BCUT2D eigenvalue weighted by molar-refractivity contribution is -0.277. The fraction of sp³-hybridized carbons (Fsp3) is 0.518. The molecule has 2 saturated heterocycles. The summed E-state index contributed by atoms with van der Waals surface area (Å²) in [4.78, 5) is 46.4. The fourth-order valence-electron chi connectivity index (χ4n) is 13.0. The highest BCUT2D eigenvalue weighted by atomic mass is 16.7. The number of hydrogen-bond donors (Lipinski definition) is 5. The van der Waals surface area contributed by atoms with Gasteiger partial charge in [-0.05, 0) is 93.2 Å². The summed E-state index contributed by atoms with van der Waals surface area (Å²) in [6, 6.07) is 7.41. The van der Waals surface area contributed by atoms with Gasteiger partial charge in [0.05, 0.1) is 41.8 Å². The summed E-state index contributed by atoms with van der Waals surface area (Å²) in [5.41, 5.74) is 8.91. The maximum atomic E-state index is 16.1. The van der Waals surface area contributed by atoms with Gasteiger partial charge >= 0.3 is 5.97 Å². The Bertz CT molecular complexity index is 2830. The van der Waals surface area contributed by atoms with Gasteiger partial charge in [-0.15, -0.1) is 0 Å². The number of esters is 1. The third kappa shape index (κ3) is 7.04. The number of hydrogen-bond acceptors (Lipinski definition) is 15. The summed E-state index contributed by atoms with van der Waals surface area (Å²) in [7, 11) is 1.30. The molecule has 0 radical (unpaired) electrons. The average molecular weight is 975 g/mol. The Morgan fingerprint density at radius 1 is 0.930 bits per heavy atom. The smallest absolute Gasteiger partial charge is 0.333 e. The number of Topliss-reactive ketones (excluding diaryl/α,β-unsaturated/α-hetero) is 2. The van der Waals surface area contributed by atoms with E-state index in [1.165, 1.54) is 12.7 Å². The third-order valence-corrected chi connectivity index (χ3v) is 16.2. The van der Waals surface area contributed by atoms with Crippen LogP contribution < -0.4 is 19.9 Å². The van der Waals surface area contributed by atoms with Gasteiger partial charge in [-0.2, -0.15) is 0 Å². The van der Waals surface area contributed by atoms with E-state index < -0.39 is 83.4 Å². The topological polar surface area (TPSA) is 217 Å². The normalized spacial score (nSPS) is 33.4. The number of nitrogens with two attached hydrogens (primary N) is 1. The molecule has 11 rings (SSSR count). The first-order valence-corrected chi connectivity index (χ1v) is 24.8. The van der Waals surface area contributed by atoms with E-state index in [4.69, 9.17) is 34.2 Å². The van der Waals surface area contributed by atoms with Crippen molar-refractivity contribution in [2.45, 2.75) is 141 Å². The van der Waals surface area contributed by atoms with Crippen LogP contribution in [0.2, 0.25) is 0 Å². The van der Waals surface area contributed by atoms with Crippen molar-refractivity contribution in [3.63, 3.8) is 0 Å². The van der Waals surface area contributed by atoms with Gasteiger partial charge in [0.2, 0.25) is 6.29 Å². The summed E-state index contributed by atoms with van der Waals surface area (Å²) in [6.45, 7) is 15.3. The number of nitrogens with zero attached hydrogens (tertiary/aromatic N) is 1. The van der Waals surface area contributed by atoms with Crippen LogP contribution in [-0.4, -0.2) is 123 Å². The maximum absolute atomic E-state index is 16.1. The highest BCUT2D eigenvalue weighted by Gasteiger charge is 2.84. The summed E-state index contributed by atoms with van der Waals surface area (Å²) in [5, 5.41) is 44.2. The van der Waals surface area contributed by atoms with Crippen molar-refractivity contribution in [3.8, 4) is 17.2 Å². The number of carbonyl (C=O) groups is 3. The number of aliphatic hydroxyl groups excluding tert-OH is 4. The molecule has 9 aliphatic rings. The SMILES string of the molecule is COC(=O)/C(C)=C\CC12OC(C)(C)C3CC(C1=O)C1C4=C(c5ccccc5C4=O)N(CCN)C4=C1C32Oc1c(CC=C(C)C)c2c(c(O[C@H]3O[C@@H](CO)[C@H](O)[C@@H](O)[C@@H]3O)c14)C=CC(C)(CCC=C(C)C)O2. The zero-order valence-electron chi connectivity index (χ0n) is 42.0. The van der Waals surface area contributed by atoms with Crippen molar-refractivity contribution in [1.29, 1.82) is 0 Å². The minimum atomic E-state index is -1.80. The van der Waals surface area contributed by atoms with Gasteiger partial charge in [0, 0.05) is 70.7 Å². The van der Waals surface area contributed by atoms with E-state index in [1.54, 1.807) is 19.1 Å². The van der Waals surface area contributed by atoms with Crippen LogP contribution in [0, 0.1) is 17.8 Å². The number of ether oxygens (including phenoxy) is 6. The van der Waals surface area contributed by atoms with Crippen LogP contribution in [-0.2, 0) is 30.2 Å². The van der Waals surface area contributed by atoms with Gasteiger partial charge in [-0.3, -0.25) is 9.59 Å². The lowest BCUT2D eigenvalue weighted by atomic mass is 9.44. The van der Waals surface area contributed by atoms with Crippen molar-refractivity contribution in [3.05, 3.63) is 104 Å². The van der Waals surface area contributed by atoms with E-state index in [9.17, 15) is 25.2 Å². The molecular formula is C56H66N2O13. The Labute approximate surface area is 414 Å². The average Bonchev–Trinajstić information content (AvgIpc) is 3.70. The number of carbonyl (C=O) groups excluding carboxylic acids is 3. The molecule has 6 unspecified atom stereocenters. The highest BCUT2D eigenvalue weighted by Crippen LogP contribution is 2.75. The Balaban J connectivity index is 1.34. The number of methoxy groups -OCH3 is 1. The van der Waals surface area contributed by atoms with E-state index in [0.29, 0.717) is 87.5 Å². The van der Waals surface area contributed by atoms with Crippen molar-refractivity contribution < 1.29 is 63.2 Å². The van der Waals surface area contributed by atoms with Crippen molar-refractivity contribution in [2.24, 2.45) is 23.5 Å². The molecular weight excluding hydrogens is 909 g/mol. The van der Waals surface area contributed by atoms with Crippen molar-refractivity contribution in [1.82, 2.24) is 4.90 Å². The number of aliphatic hydroxyl groups is 4. The Hall–Kier alpha value is -5.39. The summed E-state index contributed by atoms with van der Waals surface area (Å²) in [6.07, 6.45) is 3.52. The van der Waals surface area contributed by atoms with E-state index in [1.807, 2.05) is 78.8 Å². The summed E-state index contributed by atoms with van der Waals surface area (Å²) in [5.74, 6) is -2.19. The number of fused-ring (bicyclic) bond motifs is 5. The first-order valence-electron chi connectivity index (χ1n) is 24.8. The van der Waals surface area contributed by atoms with Crippen LogP contribution in [0.3, 0.4) is 0 Å². The van der Waals surface area contributed by atoms with Gasteiger partial charge in [-0.1, -0.05) is 53.6 Å². The first-order chi connectivity index (χ1) is 33.7. The Morgan fingerprint density at radius 2 is 1.65 bits per heavy atom. The van der Waals surface area contributed by atoms with E-state index in [0.717, 1.165) is 5.57 Å². The number of allylic oxidation sites excluding steroid dienone is 5. The van der Waals surface area contributed by atoms with Crippen LogP contribution in [0.1, 0.15) is 114 Å². The quantitative estimate of drug-likeness (QED) is 0.0897. The number of benzene rings is 2. The zero-order chi connectivity index (χ0) is 50.9. The van der Waals surface area contributed by atoms with Gasteiger partial charge in [0.25, 0.3) is 0 Å². The Kier molecular flexibility index (Phi) is 12.1. The van der Waals surface area contributed by atoms with Crippen LogP contribution in [0.25, 0.3) is 17.5 Å². The monoisotopic (exact) mass is 974 g/mol. The van der Waals surface area contributed by atoms with Gasteiger partial charge < -0.3 is 59.5 Å². The van der Waals surface area contributed by atoms with E-state index in [2.05, 4.69) is 17.1 Å². The minimum Gasteiger partial charge on any atom is -0.482 e. The van der Waals surface area contributed by atoms with E-state index in [-0.39, 0.29) is 42.4 Å². The second kappa shape index (κ2) is 17.4. The molecule has 6 N–H and O–H groups in total. The predicted octanol–water partition coefficient (Wildman–Crippen LogP) is 5.90. The fourth-order valence-corrected chi connectivity index (χ4v) is 13.0. The summed E-state index contributed by atoms with van der Waals surface area (Å²) >= 11 is 0. The minimum absolute atomic E-state index is 0.0663. The molecule has 15 nitrogen and oxygen atoms in total. The van der Waals surface area contributed by atoms with Crippen molar-refractivity contribution >= 4 is 35.0 Å². The lowest BCUT2D eigenvalue weighted by Gasteiger charge is -2.63. The molecule has 15 heteroatoms. The first kappa shape index (κ1) is 49.2.